The lowest BCUT2D eigenvalue weighted by Crippen LogP contribution is -2.39. The predicted octanol–water partition coefficient (Wildman–Crippen LogP) is 1.91. The van der Waals surface area contributed by atoms with Gasteiger partial charge in [0.25, 0.3) is 6.43 Å². The van der Waals surface area contributed by atoms with E-state index in [2.05, 4.69) is 0 Å². The van der Waals surface area contributed by atoms with Gasteiger partial charge in [0.15, 0.2) is 0 Å². The summed E-state index contributed by atoms with van der Waals surface area (Å²) in [5.41, 5.74) is 11.6. The van der Waals surface area contributed by atoms with Gasteiger partial charge in [-0.3, -0.25) is 4.79 Å². The maximum Gasteiger partial charge on any atom is 0.265 e. The van der Waals surface area contributed by atoms with Gasteiger partial charge in [-0.15, -0.1) is 0 Å². The number of halogens is 2. The molecule has 0 aromatic heterocycles. The summed E-state index contributed by atoms with van der Waals surface area (Å²) in [6.45, 7) is 1.11. The second-order valence-electron chi connectivity index (χ2n) is 4.78. The fourth-order valence-electron chi connectivity index (χ4n) is 2.44. The Kier molecular flexibility index (Phi) is 3.87. The van der Waals surface area contributed by atoms with Crippen molar-refractivity contribution in [2.24, 2.45) is 11.7 Å². The van der Waals surface area contributed by atoms with Crippen LogP contribution in [-0.2, 0) is 4.79 Å². The molecule has 4 N–H and O–H groups in total. The molecule has 0 atom stereocenters. The molecule has 1 heterocycles. The van der Waals surface area contributed by atoms with Crippen LogP contribution in [0.2, 0.25) is 0 Å². The number of nitrogen functional groups attached to an aromatic ring is 1. The van der Waals surface area contributed by atoms with Gasteiger partial charge in [0.05, 0.1) is 0 Å². The first kappa shape index (κ1) is 13.6. The minimum Gasteiger partial charge on any atom is -0.399 e. The quantitative estimate of drug-likeness (QED) is 0.823. The number of nitrogens with zero attached hydrogens (tertiary/aromatic N) is 1. The van der Waals surface area contributed by atoms with Crippen LogP contribution in [0.5, 0.6) is 0 Å². The van der Waals surface area contributed by atoms with Crippen molar-refractivity contribution in [2.75, 3.05) is 23.7 Å². The number of alkyl halides is 2. The summed E-state index contributed by atoms with van der Waals surface area (Å²) in [4.78, 5) is 12.9. The van der Waals surface area contributed by atoms with E-state index in [9.17, 15) is 13.6 Å². The van der Waals surface area contributed by atoms with E-state index >= 15 is 0 Å². The van der Waals surface area contributed by atoms with Crippen LogP contribution in [-0.4, -0.2) is 19.0 Å². The summed E-state index contributed by atoms with van der Waals surface area (Å²) in [5, 5.41) is 0. The SMILES string of the molecule is NC(=O)C1CCN(c2ccc(N)cc2C(F)F)CC1. The molecule has 1 aliphatic rings. The molecule has 0 radical (unpaired) electrons. The molecule has 0 spiro atoms. The molecule has 2 rings (SSSR count). The third-order valence-electron chi connectivity index (χ3n) is 3.52. The largest absolute Gasteiger partial charge is 0.399 e. The second-order valence-corrected chi connectivity index (χ2v) is 4.78. The number of piperidine rings is 1. The Balaban J connectivity index is 2.17. The maximum atomic E-state index is 13.0. The standard InChI is InChI=1S/C13H17F2N3O/c14-12(15)10-7-9(16)1-2-11(10)18-5-3-8(4-6-18)13(17)19/h1-2,7-8,12H,3-6,16H2,(H2,17,19). The van der Waals surface area contributed by atoms with E-state index in [0.717, 1.165) is 0 Å². The van der Waals surface area contributed by atoms with Crippen LogP contribution in [0.3, 0.4) is 0 Å². The first-order valence-electron chi connectivity index (χ1n) is 6.21. The van der Waals surface area contributed by atoms with Gasteiger partial charge < -0.3 is 16.4 Å². The number of hydrogen-bond acceptors (Lipinski definition) is 3. The summed E-state index contributed by atoms with van der Waals surface area (Å²) in [5.74, 6) is -0.467. The lowest BCUT2D eigenvalue weighted by Gasteiger charge is -2.33. The van der Waals surface area contributed by atoms with Gasteiger partial charge in [0.2, 0.25) is 5.91 Å². The van der Waals surface area contributed by atoms with E-state index in [1.54, 1.807) is 12.1 Å². The van der Waals surface area contributed by atoms with E-state index in [0.29, 0.717) is 37.3 Å². The van der Waals surface area contributed by atoms with Gasteiger partial charge in [-0.05, 0) is 31.0 Å². The first-order chi connectivity index (χ1) is 8.99. The maximum absolute atomic E-state index is 13.0. The highest BCUT2D eigenvalue weighted by Gasteiger charge is 2.26. The molecule has 6 heteroatoms. The van der Waals surface area contributed by atoms with Crippen molar-refractivity contribution in [3.05, 3.63) is 23.8 Å². The number of rotatable bonds is 3. The Morgan fingerprint density at radius 3 is 2.47 bits per heavy atom. The van der Waals surface area contributed by atoms with Crippen LogP contribution in [0.1, 0.15) is 24.8 Å². The molecule has 1 amide bonds. The van der Waals surface area contributed by atoms with Crippen molar-refractivity contribution in [2.45, 2.75) is 19.3 Å². The fraction of sp³-hybridized carbons (Fsp3) is 0.462. The van der Waals surface area contributed by atoms with Gasteiger partial charge in [-0.25, -0.2) is 8.78 Å². The van der Waals surface area contributed by atoms with Crippen LogP contribution in [0.25, 0.3) is 0 Å². The van der Waals surface area contributed by atoms with Gasteiger partial charge in [-0.2, -0.15) is 0 Å². The molecule has 0 bridgehead atoms. The van der Waals surface area contributed by atoms with E-state index in [-0.39, 0.29) is 17.4 Å². The average Bonchev–Trinajstić information content (AvgIpc) is 2.38. The molecule has 1 saturated heterocycles. The Labute approximate surface area is 110 Å². The average molecular weight is 269 g/mol. The van der Waals surface area contributed by atoms with Crippen molar-refractivity contribution in [3.63, 3.8) is 0 Å². The van der Waals surface area contributed by atoms with Crippen LogP contribution in [0.4, 0.5) is 20.2 Å². The molecular weight excluding hydrogens is 252 g/mol. The molecule has 0 unspecified atom stereocenters. The summed E-state index contributed by atoms with van der Waals surface area (Å²) < 4.78 is 26.0. The van der Waals surface area contributed by atoms with Gasteiger partial charge in [0.1, 0.15) is 0 Å². The highest BCUT2D eigenvalue weighted by atomic mass is 19.3. The normalized spacial score (nSPS) is 16.9. The minimum absolute atomic E-state index is 0.0578. The monoisotopic (exact) mass is 269 g/mol. The molecule has 1 fully saturated rings. The molecule has 0 aliphatic carbocycles. The summed E-state index contributed by atoms with van der Waals surface area (Å²) in [6.07, 6.45) is -1.36. The van der Waals surface area contributed by atoms with Crippen LogP contribution < -0.4 is 16.4 Å². The Morgan fingerprint density at radius 1 is 1.32 bits per heavy atom. The summed E-state index contributed by atoms with van der Waals surface area (Å²) in [7, 11) is 0. The Morgan fingerprint density at radius 2 is 1.95 bits per heavy atom. The van der Waals surface area contributed by atoms with E-state index in [1.807, 2.05) is 4.90 Å². The van der Waals surface area contributed by atoms with Crippen LogP contribution in [0, 0.1) is 5.92 Å². The van der Waals surface area contributed by atoms with Crippen molar-refractivity contribution in [1.29, 1.82) is 0 Å². The number of primary amides is 1. The number of benzene rings is 1. The molecule has 0 saturated carbocycles. The van der Waals surface area contributed by atoms with E-state index in [1.165, 1.54) is 6.07 Å². The minimum atomic E-state index is -2.56. The molecule has 19 heavy (non-hydrogen) atoms. The molecule has 1 aliphatic heterocycles. The Bertz CT molecular complexity index is 471. The third-order valence-corrected chi connectivity index (χ3v) is 3.52. The van der Waals surface area contributed by atoms with Crippen molar-refractivity contribution >= 4 is 17.3 Å². The zero-order valence-electron chi connectivity index (χ0n) is 10.5. The number of carbonyl (C=O) groups is 1. The number of nitrogens with two attached hydrogens (primary N) is 2. The number of amides is 1. The topological polar surface area (TPSA) is 72.4 Å². The summed E-state index contributed by atoms with van der Waals surface area (Å²) in [6, 6.07) is 4.53. The number of anilines is 2. The van der Waals surface area contributed by atoms with Crippen molar-refractivity contribution < 1.29 is 13.6 Å². The highest BCUT2D eigenvalue weighted by molar-refractivity contribution is 5.77. The summed E-state index contributed by atoms with van der Waals surface area (Å²) >= 11 is 0. The molecular formula is C13H17F2N3O. The highest BCUT2D eigenvalue weighted by Crippen LogP contribution is 2.33. The zero-order valence-corrected chi connectivity index (χ0v) is 10.5. The zero-order chi connectivity index (χ0) is 14.0. The van der Waals surface area contributed by atoms with Gasteiger partial charge in [-0.1, -0.05) is 0 Å². The van der Waals surface area contributed by atoms with E-state index in [4.69, 9.17) is 11.5 Å². The second kappa shape index (κ2) is 5.42. The van der Waals surface area contributed by atoms with Gasteiger partial charge >= 0.3 is 0 Å². The smallest absolute Gasteiger partial charge is 0.265 e. The molecule has 104 valence electrons. The molecule has 4 nitrogen and oxygen atoms in total. The van der Waals surface area contributed by atoms with Crippen LogP contribution in [0.15, 0.2) is 18.2 Å². The lowest BCUT2D eigenvalue weighted by molar-refractivity contribution is -0.122. The molecule has 1 aromatic carbocycles. The lowest BCUT2D eigenvalue weighted by atomic mass is 9.95. The van der Waals surface area contributed by atoms with E-state index < -0.39 is 6.43 Å². The van der Waals surface area contributed by atoms with Gasteiger partial charge in [0, 0.05) is 35.9 Å². The fourth-order valence-corrected chi connectivity index (χ4v) is 2.44. The number of carbonyl (C=O) groups excluding carboxylic acids is 1. The first-order valence-corrected chi connectivity index (χ1v) is 6.21. The predicted molar refractivity (Wildman–Crippen MR) is 69.9 cm³/mol. The molecule has 1 aromatic rings. The number of hydrogen-bond donors (Lipinski definition) is 2. The van der Waals surface area contributed by atoms with Crippen molar-refractivity contribution in [3.8, 4) is 0 Å². The third kappa shape index (κ3) is 2.94. The van der Waals surface area contributed by atoms with Crippen LogP contribution >= 0.6 is 0 Å². The Hall–Kier alpha value is -1.85. The van der Waals surface area contributed by atoms with Crippen molar-refractivity contribution in [1.82, 2.24) is 0 Å².